The highest BCUT2D eigenvalue weighted by atomic mass is 35.5. The fourth-order valence-corrected chi connectivity index (χ4v) is 1.70. The third kappa shape index (κ3) is 3.79. The van der Waals surface area contributed by atoms with E-state index in [4.69, 9.17) is 5.73 Å². The van der Waals surface area contributed by atoms with Crippen molar-refractivity contribution in [2.24, 2.45) is 5.73 Å². The summed E-state index contributed by atoms with van der Waals surface area (Å²) in [5, 5.41) is 0. The van der Waals surface area contributed by atoms with Crippen molar-refractivity contribution in [3.8, 4) is 0 Å². The van der Waals surface area contributed by atoms with Gasteiger partial charge in [-0.15, -0.1) is 12.4 Å². The summed E-state index contributed by atoms with van der Waals surface area (Å²) in [6.45, 7) is 0. The normalized spacial score (nSPS) is 11.7. The first-order valence-corrected chi connectivity index (χ1v) is 5.40. The first-order chi connectivity index (χ1) is 8.15. The molecular weight excluding hydrogens is 256 g/mol. The smallest absolute Gasteiger partial charge is 0.123 e. The summed E-state index contributed by atoms with van der Waals surface area (Å²) in [6, 6.07) is 12.1. The van der Waals surface area contributed by atoms with Crippen LogP contribution in [0.2, 0.25) is 0 Å². The van der Waals surface area contributed by atoms with Gasteiger partial charge in [-0.05, 0) is 41.8 Å². The molecule has 0 heterocycles. The molecule has 2 N–H and O–H groups in total. The lowest BCUT2D eigenvalue weighted by atomic mass is 10.00. The lowest BCUT2D eigenvalue weighted by molar-refractivity contribution is 0.622. The van der Waals surface area contributed by atoms with Crippen LogP contribution in [0.1, 0.15) is 17.2 Å². The van der Waals surface area contributed by atoms with Gasteiger partial charge in [0, 0.05) is 6.04 Å². The minimum absolute atomic E-state index is 0. The Morgan fingerprint density at radius 2 is 1.28 bits per heavy atom. The first kappa shape index (κ1) is 14.6. The van der Waals surface area contributed by atoms with Crippen molar-refractivity contribution in [3.05, 3.63) is 71.3 Å². The Kier molecular flexibility index (Phi) is 5.25. The van der Waals surface area contributed by atoms with E-state index in [0.717, 1.165) is 11.1 Å². The molecule has 0 saturated carbocycles. The zero-order valence-corrected chi connectivity index (χ0v) is 10.5. The summed E-state index contributed by atoms with van der Waals surface area (Å²) >= 11 is 0. The molecule has 2 aromatic carbocycles. The molecular formula is C14H14ClF2N. The Morgan fingerprint density at radius 1 is 0.833 bits per heavy atom. The molecule has 0 radical (unpaired) electrons. The van der Waals surface area contributed by atoms with Gasteiger partial charge in [0.25, 0.3) is 0 Å². The second kappa shape index (κ2) is 6.47. The fourth-order valence-electron chi connectivity index (χ4n) is 1.70. The highest BCUT2D eigenvalue weighted by Crippen LogP contribution is 2.16. The van der Waals surface area contributed by atoms with Crippen molar-refractivity contribution in [3.63, 3.8) is 0 Å². The molecule has 0 aliphatic heterocycles. The topological polar surface area (TPSA) is 26.0 Å². The van der Waals surface area contributed by atoms with E-state index in [2.05, 4.69) is 0 Å². The van der Waals surface area contributed by atoms with Gasteiger partial charge in [0.1, 0.15) is 11.6 Å². The molecule has 1 unspecified atom stereocenters. The second-order valence-electron chi connectivity index (χ2n) is 3.99. The zero-order valence-electron chi connectivity index (χ0n) is 9.64. The maximum absolute atomic E-state index is 12.7. The van der Waals surface area contributed by atoms with E-state index in [1.807, 2.05) is 0 Å². The Balaban J connectivity index is 0.00000162. The van der Waals surface area contributed by atoms with Crippen LogP contribution in [0.15, 0.2) is 48.5 Å². The Hall–Kier alpha value is -1.45. The Bertz CT molecular complexity index is 482. The van der Waals surface area contributed by atoms with Gasteiger partial charge >= 0.3 is 0 Å². The third-order valence-corrected chi connectivity index (χ3v) is 2.67. The van der Waals surface area contributed by atoms with E-state index in [0.29, 0.717) is 6.42 Å². The van der Waals surface area contributed by atoms with Crippen molar-refractivity contribution in [2.75, 3.05) is 0 Å². The van der Waals surface area contributed by atoms with E-state index >= 15 is 0 Å². The molecule has 4 heteroatoms. The van der Waals surface area contributed by atoms with Crippen LogP contribution in [0.3, 0.4) is 0 Å². The van der Waals surface area contributed by atoms with Crippen LogP contribution in [0.4, 0.5) is 8.78 Å². The standard InChI is InChI=1S/C14H13F2N.ClH/c15-12-5-1-10(2-6-12)9-14(17)11-3-7-13(16)8-4-11;/h1-8,14H,9,17H2;1H. The van der Waals surface area contributed by atoms with Crippen LogP contribution in [0.5, 0.6) is 0 Å². The molecule has 0 aliphatic rings. The second-order valence-corrected chi connectivity index (χ2v) is 3.99. The van der Waals surface area contributed by atoms with E-state index in [-0.39, 0.29) is 30.1 Å². The van der Waals surface area contributed by atoms with Crippen LogP contribution in [0, 0.1) is 11.6 Å². The number of halogens is 3. The summed E-state index contributed by atoms with van der Waals surface area (Å²) in [7, 11) is 0. The van der Waals surface area contributed by atoms with Crippen molar-refractivity contribution in [1.29, 1.82) is 0 Å². The van der Waals surface area contributed by atoms with Crippen molar-refractivity contribution >= 4 is 12.4 Å². The SMILES string of the molecule is Cl.NC(Cc1ccc(F)cc1)c1ccc(F)cc1. The molecule has 0 spiro atoms. The molecule has 0 fully saturated rings. The summed E-state index contributed by atoms with van der Waals surface area (Å²) in [4.78, 5) is 0. The highest BCUT2D eigenvalue weighted by molar-refractivity contribution is 5.85. The quantitative estimate of drug-likeness (QED) is 0.905. The molecule has 1 nitrogen and oxygen atoms in total. The predicted octanol–water partition coefficient (Wildman–Crippen LogP) is 3.63. The lowest BCUT2D eigenvalue weighted by Gasteiger charge is -2.12. The number of nitrogens with two attached hydrogens (primary N) is 1. The maximum atomic E-state index is 12.7. The van der Waals surface area contributed by atoms with E-state index in [9.17, 15) is 8.78 Å². The minimum Gasteiger partial charge on any atom is -0.324 e. The molecule has 0 saturated heterocycles. The molecule has 96 valence electrons. The number of hydrogen-bond donors (Lipinski definition) is 1. The van der Waals surface area contributed by atoms with Gasteiger partial charge in [0.15, 0.2) is 0 Å². The summed E-state index contributed by atoms with van der Waals surface area (Å²) in [5.41, 5.74) is 7.83. The molecule has 0 aromatic heterocycles. The summed E-state index contributed by atoms with van der Waals surface area (Å²) < 4.78 is 25.5. The van der Waals surface area contributed by atoms with Crippen molar-refractivity contribution in [1.82, 2.24) is 0 Å². The minimum atomic E-state index is -0.275. The summed E-state index contributed by atoms with van der Waals surface area (Å²) in [5.74, 6) is -0.535. The average molecular weight is 270 g/mol. The van der Waals surface area contributed by atoms with Gasteiger partial charge in [-0.25, -0.2) is 8.78 Å². The molecule has 18 heavy (non-hydrogen) atoms. The maximum Gasteiger partial charge on any atom is 0.123 e. The number of rotatable bonds is 3. The number of hydrogen-bond acceptors (Lipinski definition) is 1. The van der Waals surface area contributed by atoms with Gasteiger partial charge in [-0.3, -0.25) is 0 Å². The average Bonchev–Trinajstić information content (AvgIpc) is 2.33. The molecule has 1 atom stereocenters. The van der Waals surface area contributed by atoms with Gasteiger partial charge in [0.05, 0.1) is 0 Å². The van der Waals surface area contributed by atoms with Crippen molar-refractivity contribution in [2.45, 2.75) is 12.5 Å². The van der Waals surface area contributed by atoms with E-state index in [1.54, 1.807) is 24.3 Å². The van der Waals surface area contributed by atoms with Gasteiger partial charge in [0.2, 0.25) is 0 Å². The fraction of sp³-hybridized carbons (Fsp3) is 0.143. The van der Waals surface area contributed by atoms with E-state index in [1.165, 1.54) is 24.3 Å². The third-order valence-electron chi connectivity index (χ3n) is 2.67. The van der Waals surface area contributed by atoms with Crippen molar-refractivity contribution < 1.29 is 8.78 Å². The van der Waals surface area contributed by atoms with Crippen LogP contribution in [-0.4, -0.2) is 0 Å². The van der Waals surface area contributed by atoms with Crippen LogP contribution in [-0.2, 0) is 6.42 Å². The molecule has 0 bridgehead atoms. The highest BCUT2D eigenvalue weighted by Gasteiger charge is 2.07. The molecule has 2 aromatic rings. The monoisotopic (exact) mass is 269 g/mol. The Labute approximate surface area is 111 Å². The summed E-state index contributed by atoms with van der Waals surface area (Å²) in [6.07, 6.45) is 0.603. The van der Waals surface area contributed by atoms with Gasteiger partial charge in [-0.1, -0.05) is 24.3 Å². The van der Waals surface area contributed by atoms with Gasteiger partial charge < -0.3 is 5.73 Å². The predicted molar refractivity (Wildman–Crippen MR) is 70.7 cm³/mol. The van der Waals surface area contributed by atoms with Crippen LogP contribution in [0.25, 0.3) is 0 Å². The van der Waals surface area contributed by atoms with Crippen LogP contribution < -0.4 is 5.73 Å². The van der Waals surface area contributed by atoms with Gasteiger partial charge in [-0.2, -0.15) is 0 Å². The Morgan fingerprint density at radius 3 is 1.78 bits per heavy atom. The largest absolute Gasteiger partial charge is 0.324 e. The zero-order chi connectivity index (χ0) is 12.3. The number of benzene rings is 2. The molecule has 0 amide bonds. The molecule has 2 rings (SSSR count). The first-order valence-electron chi connectivity index (χ1n) is 5.40. The lowest BCUT2D eigenvalue weighted by Crippen LogP contribution is -2.13. The van der Waals surface area contributed by atoms with E-state index < -0.39 is 0 Å². The molecule has 0 aliphatic carbocycles. The van der Waals surface area contributed by atoms with Crippen LogP contribution >= 0.6 is 12.4 Å².